The Labute approximate surface area is 152 Å². The summed E-state index contributed by atoms with van der Waals surface area (Å²) in [5.74, 6) is 2.88. The monoisotopic (exact) mass is 350 g/mol. The van der Waals surface area contributed by atoms with Crippen LogP contribution in [0.4, 0.5) is 11.8 Å². The van der Waals surface area contributed by atoms with E-state index in [1.54, 1.807) is 0 Å². The van der Waals surface area contributed by atoms with Gasteiger partial charge in [0.25, 0.3) is 0 Å². The molecule has 2 aromatic rings. The van der Waals surface area contributed by atoms with E-state index in [0.29, 0.717) is 6.61 Å². The molecule has 0 saturated heterocycles. The van der Waals surface area contributed by atoms with Crippen LogP contribution in [0.3, 0.4) is 0 Å². The lowest BCUT2D eigenvalue weighted by Gasteiger charge is -2.24. The summed E-state index contributed by atoms with van der Waals surface area (Å²) in [7, 11) is 4.05. The van der Waals surface area contributed by atoms with Crippen LogP contribution in [0.25, 0.3) is 17.3 Å². The Morgan fingerprint density at radius 3 is 2.73 bits per heavy atom. The molecule has 1 aromatic heterocycles. The SMILES string of the molecule is CN(C)CCOc1ccc(-c2nc(N)nc3c2C=CC2=NCCN23)cc1. The topological polar surface area (TPSA) is 79.9 Å². The van der Waals surface area contributed by atoms with Crippen LogP contribution in [0.5, 0.6) is 5.75 Å². The largest absolute Gasteiger partial charge is 0.492 e. The molecule has 2 N–H and O–H groups in total. The number of fused-ring (bicyclic) bond motifs is 3. The van der Waals surface area contributed by atoms with Crippen LogP contribution in [0, 0.1) is 0 Å². The van der Waals surface area contributed by atoms with Gasteiger partial charge in [-0.25, -0.2) is 4.98 Å². The van der Waals surface area contributed by atoms with Crippen molar-refractivity contribution in [3.8, 4) is 17.0 Å². The van der Waals surface area contributed by atoms with Gasteiger partial charge in [0.05, 0.1) is 12.2 Å². The lowest BCUT2D eigenvalue weighted by molar-refractivity contribution is 0.261. The lowest BCUT2D eigenvalue weighted by Crippen LogP contribution is -2.30. The Morgan fingerprint density at radius 1 is 1.15 bits per heavy atom. The summed E-state index contributed by atoms with van der Waals surface area (Å²) in [6.07, 6.45) is 4.03. The van der Waals surface area contributed by atoms with Crippen molar-refractivity contribution in [1.82, 2.24) is 14.9 Å². The number of nitrogens with two attached hydrogens (primary N) is 1. The van der Waals surface area contributed by atoms with E-state index in [-0.39, 0.29) is 5.95 Å². The lowest BCUT2D eigenvalue weighted by atomic mass is 10.0. The molecule has 0 amide bonds. The summed E-state index contributed by atoms with van der Waals surface area (Å²) in [5, 5.41) is 0. The van der Waals surface area contributed by atoms with Gasteiger partial charge in [-0.15, -0.1) is 0 Å². The third kappa shape index (κ3) is 3.13. The van der Waals surface area contributed by atoms with Crippen LogP contribution in [-0.4, -0.2) is 61.0 Å². The number of likely N-dealkylation sites (N-methyl/N-ethyl adjacent to an activating group) is 1. The second-order valence-corrected chi connectivity index (χ2v) is 6.57. The number of aromatic nitrogens is 2. The standard InChI is InChI=1S/C19H22N6O/c1-24(2)11-12-26-14-5-3-13(4-6-14)17-15-7-8-16-21-9-10-25(16)18(15)23-19(20)22-17/h3-8H,9-12H2,1-2H3,(H2,20,22,23). The smallest absolute Gasteiger partial charge is 0.222 e. The molecule has 26 heavy (non-hydrogen) atoms. The van der Waals surface area contributed by atoms with E-state index >= 15 is 0 Å². The molecule has 0 bridgehead atoms. The molecule has 4 rings (SSSR count). The van der Waals surface area contributed by atoms with Gasteiger partial charge in [-0.2, -0.15) is 4.98 Å². The van der Waals surface area contributed by atoms with E-state index in [1.807, 2.05) is 50.5 Å². The van der Waals surface area contributed by atoms with E-state index in [9.17, 15) is 0 Å². The maximum atomic E-state index is 5.98. The molecule has 134 valence electrons. The molecule has 7 nitrogen and oxygen atoms in total. The van der Waals surface area contributed by atoms with Gasteiger partial charge in [-0.05, 0) is 50.5 Å². The fraction of sp³-hybridized carbons (Fsp3) is 0.316. The summed E-state index contributed by atoms with van der Waals surface area (Å²) < 4.78 is 5.76. The zero-order valence-electron chi connectivity index (χ0n) is 15.0. The number of rotatable bonds is 5. The predicted octanol–water partition coefficient (Wildman–Crippen LogP) is 1.91. The predicted molar refractivity (Wildman–Crippen MR) is 105 cm³/mol. The van der Waals surface area contributed by atoms with Gasteiger partial charge >= 0.3 is 0 Å². The zero-order valence-corrected chi connectivity index (χ0v) is 15.0. The highest BCUT2D eigenvalue weighted by molar-refractivity contribution is 6.13. The average Bonchev–Trinajstić information content (AvgIpc) is 3.10. The van der Waals surface area contributed by atoms with E-state index in [1.165, 1.54) is 0 Å². The molecule has 2 aliphatic heterocycles. The zero-order chi connectivity index (χ0) is 18.1. The van der Waals surface area contributed by atoms with Gasteiger partial charge in [0.15, 0.2) is 0 Å². The highest BCUT2D eigenvalue weighted by atomic mass is 16.5. The van der Waals surface area contributed by atoms with Crippen molar-refractivity contribution in [2.45, 2.75) is 0 Å². The van der Waals surface area contributed by atoms with Crippen LogP contribution in [0.1, 0.15) is 5.56 Å². The minimum atomic E-state index is 0.270. The van der Waals surface area contributed by atoms with Gasteiger partial charge < -0.3 is 20.3 Å². The van der Waals surface area contributed by atoms with Crippen molar-refractivity contribution in [2.24, 2.45) is 4.99 Å². The first kappa shape index (κ1) is 16.5. The first-order valence-electron chi connectivity index (χ1n) is 8.67. The summed E-state index contributed by atoms with van der Waals surface area (Å²) in [5.41, 5.74) is 8.77. The van der Waals surface area contributed by atoms with Crippen LogP contribution in [0.15, 0.2) is 35.3 Å². The van der Waals surface area contributed by atoms with Crippen molar-refractivity contribution in [2.75, 3.05) is 51.0 Å². The van der Waals surface area contributed by atoms with Crippen LogP contribution >= 0.6 is 0 Å². The number of aliphatic imine (C=N–C) groups is 1. The highest BCUT2D eigenvalue weighted by Crippen LogP contribution is 2.35. The second-order valence-electron chi connectivity index (χ2n) is 6.57. The molecule has 0 aliphatic carbocycles. The summed E-state index contributed by atoms with van der Waals surface area (Å²) in [6, 6.07) is 7.94. The molecule has 3 heterocycles. The number of benzene rings is 1. The first-order valence-corrected chi connectivity index (χ1v) is 8.67. The normalized spacial score (nSPS) is 15.0. The number of ether oxygens (including phenoxy) is 1. The van der Waals surface area contributed by atoms with Crippen LogP contribution in [-0.2, 0) is 0 Å². The first-order chi connectivity index (χ1) is 12.6. The van der Waals surface area contributed by atoms with E-state index in [0.717, 1.165) is 53.9 Å². The molecule has 0 atom stereocenters. The van der Waals surface area contributed by atoms with E-state index < -0.39 is 0 Å². The maximum absolute atomic E-state index is 5.98. The van der Waals surface area contributed by atoms with Gasteiger partial charge in [0.1, 0.15) is 24.0 Å². The quantitative estimate of drug-likeness (QED) is 0.887. The molecule has 0 radical (unpaired) electrons. The van der Waals surface area contributed by atoms with Crippen molar-refractivity contribution >= 4 is 23.7 Å². The Balaban J connectivity index is 1.63. The van der Waals surface area contributed by atoms with Crippen molar-refractivity contribution in [3.63, 3.8) is 0 Å². The van der Waals surface area contributed by atoms with Gasteiger partial charge in [-0.3, -0.25) is 4.99 Å². The molecule has 0 saturated carbocycles. The van der Waals surface area contributed by atoms with E-state index in [4.69, 9.17) is 10.5 Å². The number of hydrogen-bond donors (Lipinski definition) is 1. The molecular weight excluding hydrogens is 328 g/mol. The second kappa shape index (κ2) is 6.76. The number of nitrogens with zero attached hydrogens (tertiary/aromatic N) is 5. The third-order valence-corrected chi connectivity index (χ3v) is 4.41. The summed E-state index contributed by atoms with van der Waals surface area (Å²) in [4.78, 5) is 17.6. The average molecular weight is 350 g/mol. The number of anilines is 2. The minimum absolute atomic E-state index is 0.270. The van der Waals surface area contributed by atoms with Crippen molar-refractivity contribution < 1.29 is 4.74 Å². The molecule has 1 aromatic carbocycles. The number of amidine groups is 1. The minimum Gasteiger partial charge on any atom is -0.492 e. The fourth-order valence-corrected chi connectivity index (χ4v) is 3.09. The van der Waals surface area contributed by atoms with Gasteiger partial charge in [0.2, 0.25) is 5.95 Å². The summed E-state index contributed by atoms with van der Waals surface area (Å²) in [6.45, 7) is 3.13. The summed E-state index contributed by atoms with van der Waals surface area (Å²) >= 11 is 0. The third-order valence-electron chi connectivity index (χ3n) is 4.41. The maximum Gasteiger partial charge on any atom is 0.222 e. The highest BCUT2D eigenvalue weighted by Gasteiger charge is 2.26. The number of hydrogen-bond acceptors (Lipinski definition) is 7. The van der Waals surface area contributed by atoms with Gasteiger partial charge in [-0.1, -0.05) is 0 Å². The molecule has 0 fully saturated rings. The van der Waals surface area contributed by atoms with Crippen molar-refractivity contribution in [1.29, 1.82) is 0 Å². The Morgan fingerprint density at radius 2 is 1.96 bits per heavy atom. The molecule has 2 aliphatic rings. The van der Waals surface area contributed by atoms with Gasteiger partial charge in [0, 0.05) is 24.2 Å². The Kier molecular flexibility index (Phi) is 4.30. The fourth-order valence-electron chi connectivity index (χ4n) is 3.09. The Hall–Kier alpha value is -2.93. The van der Waals surface area contributed by atoms with E-state index in [2.05, 4.69) is 24.8 Å². The molecule has 0 unspecified atom stereocenters. The van der Waals surface area contributed by atoms with Crippen LogP contribution in [0.2, 0.25) is 0 Å². The van der Waals surface area contributed by atoms with Crippen molar-refractivity contribution in [3.05, 3.63) is 35.9 Å². The van der Waals surface area contributed by atoms with Crippen LogP contribution < -0.4 is 15.4 Å². The molecule has 0 spiro atoms. The Bertz CT molecular complexity index is 872. The molecule has 7 heteroatoms. The number of nitrogen functional groups attached to an aromatic ring is 1. The molecular formula is C19H22N6O.